The first-order chi connectivity index (χ1) is 18.8. The third kappa shape index (κ3) is 5.32. The number of benzene rings is 2. The molecule has 2 aromatic carbocycles. The van der Waals surface area contributed by atoms with E-state index in [1.54, 1.807) is 0 Å². The van der Waals surface area contributed by atoms with E-state index in [-0.39, 0.29) is 55.0 Å². The Labute approximate surface area is 230 Å². The summed E-state index contributed by atoms with van der Waals surface area (Å²) in [5, 5.41) is 0. The second kappa shape index (κ2) is 10.2. The van der Waals surface area contributed by atoms with Gasteiger partial charge in [0.25, 0.3) is 0 Å². The summed E-state index contributed by atoms with van der Waals surface area (Å²) in [4.78, 5) is 14.0. The zero-order valence-electron chi connectivity index (χ0n) is 21.0. The fraction of sp³-hybridized carbons (Fsp3) is 0.480. The van der Waals surface area contributed by atoms with E-state index >= 15 is 0 Å². The molecule has 0 unspecified atom stereocenters. The maximum atomic E-state index is 14.6. The third-order valence-electron chi connectivity index (χ3n) is 7.68. The highest BCUT2D eigenvalue weighted by Gasteiger charge is 2.73. The first-order valence-corrected chi connectivity index (χ1v) is 15.5. The summed E-state index contributed by atoms with van der Waals surface area (Å²) in [6.07, 6.45) is -13.1. The van der Waals surface area contributed by atoms with Gasteiger partial charge < -0.3 is 4.90 Å². The number of halogens is 8. The van der Waals surface area contributed by atoms with E-state index < -0.39 is 77.1 Å². The minimum atomic E-state index is -6.38. The zero-order valence-corrected chi connectivity index (χ0v) is 22.6. The smallest absolute Gasteiger partial charge is 0.340 e. The highest BCUT2D eigenvalue weighted by molar-refractivity contribution is 7.92. The van der Waals surface area contributed by atoms with Crippen LogP contribution in [0.1, 0.15) is 30.4 Å². The zero-order chi connectivity index (χ0) is 30.6. The van der Waals surface area contributed by atoms with Crippen molar-refractivity contribution >= 4 is 25.6 Å². The molecule has 0 spiro atoms. The molecule has 4 rings (SSSR count). The summed E-state index contributed by atoms with van der Waals surface area (Å²) in [6, 6.07) is 5.23. The van der Waals surface area contributed by atoms with Gasteiger partial charge in [0, 0.05) is 24.6 Å². The van der Waals surface area contributed by atoms with Gasteiger partial charge in [0.15, 0.2) is 9.84 Å². The van der Waals surface area contributed by atoms with Gasteiger partial charge in [0.05, 0.1) is 16.4 Å². The summed E-state index contributed by atoms with van der Waals surface area (Å²) < 4.78 is 157. The lowest BCUT2D eigenvalue weighted by atomic mass is 9.90. The summed E-state index contributed by atoms with van der Waals surface area (Å²) in [5.74, 6) is -2.57. The predicted molar refractivity (Wildman–Crippen MR) is 129 cm³/mol. The van der Waals surface area contributed by atoms with Gasteiger partial charge in [0.1, 0.15) is 20.4 Å². The van der Waals surface area contributed by atoms with Crippen LogP contribution in [0.4, 0.5) is 35.1 Å². The van der Waals surface area contributed by atoms with Crippen LogP contribution in [-0.2, 0) is 34.9 Å². The molecule has 226 valence electrons. The highest BCUT2D eigenvalue weighted by atomic mass is 32.2. The molecule has 0 aliphatic carbocycles. The molecule has 16 heteroatoms. The average Bonchev–Trinajstić information content (AvgIpc) is 3.34. The van der Waals surface area contributed by atoms with E-state index in [2.05, 4.69) is 0 Å². The first kappa shape index (κ1) is 31.2. The molecule has 41 heavy (non-hydrogen) atoms. The SMILES string of the molecule is O=C(C1CCS(=O)(=O)CC1)N1CC[C@](c2ccc(C(F)(C(F)(F)F)C(F)(F)F)cc2)(S(=O)(=O)c2ccc(F)cc2)C1. The number of sulfone groups is 2. The Balaban J connectivity index is 1.78. The van der Waals surface area contributed by atoms with Crippen molar-refractivity contribution in [3.05, 3.63) is 65.5 Å². The molecule has 0 aromatic heterocycles. The number of rotatable bonds is 5. The summed E-state index contributed by atoms with van der Waals surface area (Å²) in [6.45, 7) is -0.768. The second-order valence-electron chi connectivity index (χ2n) is 10.1. The van der Waals surface area contributed by atoms with Crippen LogP contribution in [0.2, 0.25) is 0 Å². The molecule has 0 saturated carbocycles. The van der Waals surface area contributed by atoms with Crippen LogP contribution in [0.25, 0.3) is 0 Å². The van der Waals surface area contributed by atoms with E-state index in [0.717, 1.165) is 29.2 Å². The fourth-order valence-electron chi connectivity index (χ4n) is 5.31. The monoisotopic (exact) mass is 633 g/mol. The van der Waals surface area contributed by atoms with Crippen molar-refractivity contribution < 1.29 is 56.8 Å². The number of alkyl halides is 7. The number of carbonyl (C=O) groups is 1. The van der Waals surface area contributed by atoms with Crippen molar-refractivity contribution in [2.45, 2.75) is 46.9 Å². The number of hydrogen-bond donors (Lipinski definition) is 0. The van der Waals surface area contributed by atoms with Gasteiger partial charge in [-0.25, -0.2) is 25.6 Å². The van der Waals surface area contributed by atoms with Gasteiger partial charge >= 0.3 is 18.0 Å². The Hall–Kier alpha value is -2.75. The molecule has 1 atom stereocenters. The van der Waals surface area contributed by atoms with Crippen LogP contribution < -0.4 is 0 Å². The van der Waals surface area contributed by atoms with Gasteiger partial charge in [0.2, 0.25) is 5.91 Å². The molecular formula is C25H23F8NO5S2. The molecule has 1 amide bonds. The lowest BCUT2D eigenvalue weighted by Crippen LogP contribution is -2.50. The normalized spacial score (nSPS) is 22.6. The molecule has 0 radical (unpaired) electrons. The minimum Gasteiger partial charge on any atom is -0.340 e. The van der Waals surface area contributed by atoms with E-state index in [4.69, 9.17) is 0 Å². The maximum absolute atomic E-state index is 14.6. The van der Waals surface area contributed by atoms with Crippen molar-refractivity contribution in [1.29, 1.82) is 0 Å². The van der Waals surface area contributed by atoms with Crippen LogP contribution in [0, 0.1) is 11.7 Å². The number of amides is 1. The van der Waals surface area contributed by atoms with E-state index in [0.29, 0.717) is 12.1 Å². The van der Waals surface area contributed by atoms with Crippen LogP contribution >= 0.6 is 0 Å². The van der Waals surface area contributed by atoms with E-state index in [1.165, 1.54) is 0 Å². The molecule has 2 aliphatic rings. The van der Waals surface area contributed by atoms with Gasteiger partial charge in [-0.2, -0.15) is 26.3 Å². The molecule has 6 nitrogen and oxygen atoms in total. The van der Waals surface area contributed by atoms with Crippen molar-refractivity contribution in [2.75, 3.05) is 24.6 Å². The Morgan fingerprint density at radius 1 is 0.854 bits per heavy atom. The minimum absolute atomic E-state index is 0.00244. The van der Waals surface area contributed by atoms with Crippen LogP contribution in [0.3, 0.4) is 0 Å². The number of likely N-dealkylation sites (tertiary alicyclic amines) is 1. The Kier molecular flexibility index (Phi) is 7.77. The Bertz CT molecular complexity index is 1490. The van der Waals surface area contributed by atoms with E-state index in [9.17, 15) is 56.8 Å². The number of carbonyl (C=O) groups excluding carboxylic acids is 1. The molecular weight excluding hydrogens is 610 g/mol. The molecule has 2 aliphatic heterocycles. The number of hydrogen-bond acceptors (Lipinski definition) is 5. The lowest BCUT2D eigenvalue weighted by Gasteiger charge is -2.33. The van der Waals surface area contributed by atoms with Gasteiger partial charge in [-0.1, -0.05) is 24.3 Å². The van der Waals surface area contributed by atoms with Crippen LogP contribution in [0.15, 0.2) is 53.4 Å². The van der Waals surface area contributed by atoms with Crippen LogP contribution in [-0.4, -0.2) is 64.6 Å². The average molecular weight is 634 g/mol. The quantitative estimate of drug-likeness (QED) is 0.348. The molecule has 0 N–H and O–H groups in total. The van der Waals surface area contributed by atoms with Crippen molar-refractivity contribution in [3.63, 3.8) is 0 Å². The standard InChI is InChI=1S/C25H23F8NO5S2/c26-19-5-7-20(8-6-19)41(38,39)22(11-12-34(15-22)21(35)16-9-13-40(36,37)14-10-16)17-1-3-18(4-2-17)23(27,24(28,29)30)25(31,32)33/h1-8,16H,9-15H2/t22-/m0/s1. The molecule has 2 fully saturated rings. The molecule has 0 bridgehead atoms. The van der Waals surface area contributed by atoms with E-state index in [1.807, 2.05) is 0 Å². The fourth-order valence-corrected chi connectivity index (χ4v) is 8.88. The second-order valence-corrected chi connectivity index (χ2v) is 14.7. The Morgan fingerprint density at radius 3 is 1.85 bits per heavy atom. The van der Waals surface area contributed by atoms with Gasteiger partial charge in [-0.05, 0) is 49.1 Å². The van der Waals surface area contributed by atoms with Crippen LogP contribution in [0.5, 0.6) is 0 Å². The molecule has 2 saturated heterocycles. The van der Waals surface area contributed by atoms with Crippen molar-refractivity contribution in [3.8, 4) is 0 Å². The van der Waals surface area contributed by atoms with Gasteiger partial charge in [-0.3, -0.25) is 4.79 Å². The summed E-state index contributed by atoms with van der Waals surface area (Å²) in [7, 11) is -7.91. The predicted octanol–water partition coefficient (Wildman–Crippen LogP) is 4.84. The van der Waals surface area contributed by atoms with Gasteiger partial charge in [-0.15, -0.1) is 0 Å². The molecule has 2 aromatic rings. The third-order valence-corrected chi connectivity index (χ3v) is 11.9. The highest BCUT2D eigenvalue weighted by Crippen LogP contribution is 2.54. The number of nitrogens with zero attached hydrogens (tertiary/aromatic N) is 1. The molecule has 2 heterocycles. The lowest BCUT2D eigenvalue weighted by molar-refractivity contribution is -0.348. The summed E-state index contributed by atoms with van der Waals surface area (Å²) in [5.41, 5.74) is -7.86. The van der Waals surface area contributed by atoms with Crippen molar-refractivity contribution in [1.82, 2.24) is 4.90 Å². The first-order valence-electron chi connectivity index (χ1n) is 12.2. The Morgan fingerprint density at radius 2 is 1.37 bits per heavy atom. The largest absolute Gasteiger partial charge is 0.435 e. The topological polar surface area (TPSA) is 88.6 Å². The maximum Gasteiger partial charge on any atom is 0.435 e. The summed E-state index contributed by atoms with van der Waals surface area (Å²) >= 11 is 0. The van der Waals surface area contributed by atoms with Crippen molar-refractivity contribution in [2.24, 2.45) is 5.92 Å².